The number of alkyl halides is 3. The Morgan fingerprint density at radius 3 is 2.52 bits per heavy atom. The van der Waals surface area contributed by atoms with Crippen LogP contribution in [0.1, 0.15) is 28.8 Å². The fourth-order valence-corrected chi connectivity index (χ4v) is 2.12. The van der Waals surface area contributed by atoms with Crippen LogP contribution in [-0.4, -0.2) is 24.4 Å². The lowest BCUT2D eigenvalue weighted by molar-refractivity contribution is -0.138. The van der Waals surface area contributed by atoms with Gasteiger partial charge in [-0.05, 0) is 31.0 Å². The molecule has 1 aliphatic rings. The molecule has 2 amide bonds. The number of carbonyl (C=O) groups excluding carboxylic acids is 2. The first-order valence-corrected chi connectivity index (χ1v) is 7.01. The van der Waals surface area contributed by atoms with E-state index in [9.17, 15) is 22.8 Å². The molecule has 1 aromatic rings. The number of benzene rings is 1. The summed E-state index contributed by atoms with van der Waals surface area (Å²) in [5, 5.41) is 4.96. The van der Waals surface area contributed by atoms with Crippen LogP contribution >= 0.6 is 15.9 Å². The van der Waals surface area contributed by atoms with Gasteiger partial charge in [-0.15, -0.1) is 0 Å². The molecule has 114 valence electrons. The normalized spacial score (nSPS) is 14.7. The van der Waals surface area contributed by atoms with Gasteiger partial charge in [-0.1, -0.05) is 15.9 Å². The Balaban J connectivity index is 2.00. The summed E-state index contributed by atoms with van der Waals surface area (Å²) in [6.07, 6.45) is -2.72. The fraction of sp³-hybridized carbons (Fsp3) is 0.385. The van der Waals surface area contributed by atoms with Crippen molar-refractivity contribution in [1.29, 1.82) is 0 Å². The molecule has 0 heterocycles. The number of nitrogens with one attached hydrogen (secondary N) is 2. The van der Waals surface area contributed by atoms with Crippen LogP contribution in [0.2, 0.25) is 0 Å². The molecule has 0 unspecified atom stereocenters. The molecule has 0 bridgehead atoms. The molecular formula is C13H12BrF3N2O2. The predicted octanol–water partition coefficient (Wildman–Crippen LogP) is 2.48. The van der Waals surface area contributed by atoms with Crippen LogP contribution in [0.4, 0.5) is 13.2 Å². The third kappa shape index (κ3) is 4.45. The van der Waals surface area contributed by atoms with E-state index in [1.165, 1.54) is 6.07 Å². The van der Waals surface area contributed by atoms with Crippen LogP contribution < -0.4 is 10.6 Å². The summed E-state index contributed by atoms with van der Waals surface area (Å²) >= 11 is 2.80. The van der Waals surface area contributed by atoms with Crippen molar-refractivity contribution in [1.82, 2.24) is 10.6 Å². The summed E-state index contributed by atoms with van der Waals surface area (Å²) in [7, 11) is 0. The maximum Gasteiger partial charge on any atom is 0.417 e. The summed E-state index contributed by atoms with van der Waals surface area (Å²) in [4.78, 5) is 23.2. The fourth-order valence-electron chi connectivity index (χ4n) is 1.65. The highest BCUT2D eigenvalue weighted by Crippen LogP contribution is 2.35. The Morgan fingerprint density at radius 2 is 1.95 bits per heavy atom. The number of hydrogen-bond acceptors (Lipinski definition) is 2. The minimum atomic E-state index is -4.56. The summed E-state index contributed by atoms with van der Waals surface area (Å²) in [5.74, 6) is -1.07. The van der Waals surface area contributed by atoms with Crippen molar-refractivity contribution in [2.45, 2.75) is 25.1 Å². The molecule has 0 saturated heterocycles. The number of halogens is 4. The molecule has 0 aromatic heterocycles. The van der Waals surface area contributed by atoms with Crippen LogP contribution in [0.5, 0.6) is 0 Å². The molecule has 4 nitrogen and oxygen atoms in total. The Labute approximate surface area is 127 Å². The molecule has 0 aliphatic heterocycles. The van der Waals surface area contributed by atoms with Crippen molar-refractivity contribution in [3.8, 4) is 0 Å². The highest BCUT2D eigenvalue weighted by molar-refractivity contribution is 9.10. The van der Waals surface area contributed by atoms with Crippen molar-refractivity contribution in [2.24, 2.45) is 0 Å². The van der Waals surface area contributed by atoms with Gasteiger partial charge in [-0.2, -0.15) is 13.2 Å². The van der Waals surface area contributed by atoms with Gasteiger partial charge in [0.25, 0.3) is 5.91 Å². The predicted molar refractivity (Wildman–Crippen MR) is 72.6 cm³/mol. The zero-order chi connectivity index (χ0) is 15.6. The van der Waals surface area contributed by atoms with E-state index in [0.717, 1.165) is 25.0 Å². The Morgan fingerprint density at radius 1 is 1.29 bits per heavy atom. The number of amides is 2. The number of carbonyl (C=O) groups is 2. The monoisotopic (exact) mass is 364 g/mol. The van der Waals surface area contributed by atoms with Crippen molar-refractivity contribution >= 4 is 27.7 Å². The SMILES string of the molecule is O=C(CNC(=O)c1ccc(Br)c(C(F)(F)F)c1)NC1CC1. The van der Waals surface area contributed by atoms with Crippen LogP contribution in [0.15, 0.2) is 22.7 Å². The molecule has 1 aromatic carbocycles. The largest absolute Gasteiger partial charge is 0.417 e. The van der Waals surface area contributed by atoms with Crippen LogP contribution in [0, 0.1) is 0 Å². The highest BCUT2D eigenvalue weighted by Gasteiger charge is 2.33. The van der Waals surface area contributed by atoms with E-state index >= 15 is 0 Å². The summed E-state index contributed by atoms with van der Waals surface area (Å²) in [6.45, 7) is -0.257. The average Bonchev–Trinajstić information content (AvgIpc) is 3.19. The number of hydrogen-bond donors (Lipinski definition) is 2. The van der Waals surface area contributed by atoms with E-state index in [1.54, 1.807) is 0 Å². The quantitative estimate of drug-likeness (QED) is 0.862. The average molecular weight is 365 g/mol. The first kappa shape index (κ1) is 15.8. The molecule has 0 radical (unpaired) electrons. The lowest BCUT2D eigenvalue weighted by Crippen LogP contribution is -2.37. The molecule has 1 aliphatic carbocycles. The summed E-state index contributed by atoms with van der Waals surface area (Å²) in [6, 6.07) is 3.33. The van der Waals surface area contributed by atoms with Gasteiger partial charge in [0.05, 0.1) is 12.1 Å². The molecule has 2 rings (SSSR count). The van der Waals surface area contributed by atoms with E-state index in [1.807, 2.05) is 0 Å². The Hall–Kier alpha value is -1.57. The lowest BCUT2D eigenvalue weighted by Gasteiger charge is -2.11. The Kier molecular flexibility index (Phi) is 4.55. The highest BCUT2D eigenvalue weighted by atomic mass is 79.9. The second-order valence-corrected chi connectivity index (χ2v) is 5.57. The molecule has 2 N–H and O–H groups in total. The molecule has 21 heavy (non-hydrogen) atoms. The van der Waals surface area contributed by atoms with Crippen molar-refractivity contribution in [3.05, 3.63) is 33.8 Å². The standard InChI is InChI=1S/C13H12BrF3N2O2/c14-10-4-1-7(5-9(10)13(15,16)17)12(21)18-6-11(20)19-8-2-3-8/h1,4-5,8H,2-3,6H2,(H,18,21)(H,19,20). The first-order chi connectivity index (χ1) is 9.77. The van der Waals surface area contributed by atoms with Gasteiger partial charge >= 0.3 is 6.18 Å². The van der Waals surface area contributed by atoms with Crippen LogP contribution in [0.25, 0.3) is 0 Å². The van der Waals surface area contributed by atoms with Crippen molar-refractivity contribution < 1.29 is 22.8 Å². The van der Waals surface area contributed by atoms with Gasteiger partial charge < -0.3 is 10.6 Å². The third-order valence-corrected chi connectivity index (χ3v) is 3.58. The smallest absolute Gasteiger partial charge is 0.352 e. The molecule has 0 atom stereocenters. The van der Waals surface area contributed by atoms with Gasteiger partial charge in [-0.3, -0.25) is 9.59 Å². The topological polar surface area (TPSA) is 58.2 Å². The van der Waals surface area contributed by atoms with Gasteiger partial charge in [0.1, 0.15) is 0 Å². The minimum absolute atomic E-state index is 0.141. The molecule has 0 spiro atoms. The summed E-state index contributed by atoms with van der Waals surface area (Å²) < 4.78 is 38.1. The van der Waals surface area contributed by atoms with Gasteiger partial charge in [0.15, 0.2) is 0 Å². The van der Waals surface area contributed by atoms with E-state index in [4.69, 9.17) is 0 Å². The second kappa shape index (κ2) is 6.05. The third-order valence-electron chi connectivity index (χ3n) is 2.89. The van der Waals surface area contributed by atoms with E-state index in [0.29, 0.717) is 0 Å². The molecule has 8 heteroatoms. The Bertz CT molecular complexity index is 571. The van der Waals surface area contributed by atoms with E-state index in [2.05, 4.69) is 26.6 Å². The molecule has 1 saturated carbocycles. The van der Waals surface area contributed by atoms with Gasteiger partial charge in [-0.25, -0.2) is 0 Å². The lowest BCUT2D eigenvalue weighted by atomic mass is 10.1. The first-order valence-electron chi connectivity index (χ1n) is 6.21. The van der Waals surface area contributed by atoms with Crippen molar-refractivity contribution in [3.63, 3.8) is 0 Å². The molecular weight excluding hydrogens is 353 g/mol. The maximum atomic E-state index is 12.7. The van der Waals surface area contributed by atoms with Crippen LogP contribution in [0.3, 0.4) is 0 Å². The second-order valence-electron chi connectivity index (χ2n) is 4.72. The van der Waals surface area contributed by atoms with E-state index in [-0.39, 0.29) is 28.5 Å². The van der Waals surface area contributed by atoms with Crippen LogP contribution in [-0.2, 0) is 11.0 Å². The van der Waals surface area contributed by atoms with E-state index < -0.39 is 17.6 Å². The minimum Gasteiger partial charge on any atom is -0.352 e. The zero-order valence-electron chi connectivity index (χ0n) is 10.8. The van der Waals surface area contributed by atoms with Gasteiger partial charge in [0, 0.05) is 16.1 Å². The van der Waals surface area contributed by atoms with Crippen molar-refractivity contribution in [2.75, 3.05) is 6.54 Å². The summed E-state index contributed by atoms with van der Waals surface area (Å²) in [5.41, 5.74) is -1.08. The maximum absolute atomic E-state index is 12.7. The van der Waals surface area contributed by atoms with Gasteiger partial charge in [0.2, 0.25) is 5.91 Å². The zero-order valence-corrected chi connectivity index (χ0v) is 12.3. The number of rotatable bonds is 4. The molecule has 1 fully saturated rings.